The van der Waals surface area contributed by atoms with Crippen molar-refractivity contribution in [3.8, 4) is 0 Å². The van der Waals surface area contributed by atoms with Gasteiger partial charge in [-0.1, -0.05) is 11.6 Å². The number of sulfonamides is 1. The molecule has 1 aromatic carbocycles. The van der Waals surface area contributed by atoms with Crippen molar-refractivity contribution in [1.82, 2.24) is 4.90 Å². The monoisotopic (exact) mass is 428 g/mol. The van der Waals surface area contributed by atoms with E-state index >= 15 is 0 Å². The molecule has 1 fully saturated rings. The number of methoxy groups -OCH3 is 1. The summed E-state index contributed by atoms with van der Waals surface area (Å²) in [7, 11) is -2.92. The normalized spacial score (nSPS) is 14.2. The zero-order valence-corrected chi connectivity index (χ0v) is 16.8. The summed E-state index contributed by atoms with van der Waals surface area (Å²) in [5.41, 5.74) is 0.279. The molecule has 1 N–H and O–H groups in total. The fourth-order valence-corrected chi connectivity index (χ4v) is 5.41. The molecule has 0 bridgehead atoms. The van der Waals surface area contributed by atoms with Crippen LogP contribution in [-0.2, 0) is 14.8 Å². The largest absolute Gasteiger partial charge is 0.465 e. The minimum absolute atomic E-state index is 0.0358. The van der Waals surface area contributed by atoms with Gasteiger partial charge in [-0.15, -0.1) is 11.3 Å². The average molecular weight is 429 g/mol. The van der Waals surface area contributed by atoms with Gasteiger partial charge >= 0.3 is 5.97 Å². The number of halogens is 1. The molecule has 0 aliphatic carbocycles. The van der Waals surface area contributed by atoms with Gasteiger partial charge in [0, 0.05) is 18.1 Å². The van der Waals surface area contributed by atoms with Crippen molar-refractivity contribution < 1.29 is 22.7 Å². The number of nitrogens with one attached hydrogen (secondary N) is 1. The highest BCUT2D eigenvalue weighted by Crippen LogP contribution is 2.29. The summed E-state index contributed by atoms with van der Waals surface area (Å²) in [6.45, 7) is 1.24. The molecule has 1 aliphatic rings. The van der Waals surface area contributed by atoms with Gasteiger partial charge in [-0.05, 0) is 42.5 Å². The molecule has 1 saturated heterocycles. The molecule has 7 nitrogen and oxygen atoms in total. The minimum Gasteiger partial charge on any atom is -0.465 e. The first-order chi connectivity index (χ1) is 12.8. The van der Waals surface area contributed by atoms with Gasteiger partial charge in [0.15, 0.2) is 0 Å². The predicted molar refractivity (Wildman–Crippen MR) is 103 cm³/mol. The molecule has 1 aromatic heterocycles. The van der Waals surface area contributed by atoms with Crippen molar-refractivity contribution in [2.45, 2.75) is 17.7 Å². The van der Waals surface area contributed by atoms with Crippen LogP contribution in [0.4, 0.5) is 5.69 Å². The van der Waals surface area contributed by atoms with E-state index in [1.165, 1.54) is 36.8 Å². The topological polar surface area (TPSA) is 92.8 Å². The Hall–Kier alpha value is -2.10. The van der Waals surface area contributed by atoms with Crippen LogP contribution in [-0.4, -0.2) is 45.4 Å². The number of likely N-dealkylation sites (tertiary alicyclic amines) is 1. The predicted octanol–water partition coefficient (Wildman–Crippen LogP) is 3.22. The van der Waals surface area contributed by atoms with E-state index in [2.05, 4.69) is 9.46 Å². The first-order valence-electron chi connectivity index (χ1n) is 8.11. The third-order valence-electron chi connectivity index (χ3n) is 4.14. The van der Waals surface area contributed by atoms with Gasteiger partial charge in [-0.25, -0.2) is 13.2 Å². The first kappa shape index (κ1) is 19.7. The SMILES string of the molecule is COC(=O)c1sccc1S(=O)(=O)Nc1ccc(Cl)cc1C(=O)N1CCCC1. The van der Waals surface area contributed by atoms with Gasteiger partial charge in [0.05, 0.1) is 18.4 Å². The number of hydrogen-bond acceptors (Lipinski definition) is 6. The number of anilines is 1. The molecule has 2 heterocycles. The van der Waals surface area contributed by atoms with E-state index in [4.69, 9.17) is 11.6 Å². The van der Waals surface area contributed by atoms with E-state index in [0.717, 1.165) is 24.2 Å². The molecule has 0 atom stereocenters. The summed E-state index contributed by atoms with van der Waals surface area (Å²) < 4.78 is 32.7. The van der Waals surface area contributed by atoms with E-state index in [9.17, 15) is 18.0 Å². The Morgan fingerprint density at radius 2 is 1.93 bits per heavy atom. The molecule has 1 aliphatic heterocycles. The highest BCUT2D eigenvalue weighted by Gasteiger charge is 2.28. The molecule has 0 saturated carbocycles. The highest BCUT2D eigenvalue weighted by atomic mass is 35.5. The van der Waals surface area contributed by atoms with Crippen molar-refractivity contribution in [2.75, 3.05) is 24.9 Å². The van der Waals surface area contributed by atoms with E-state index in [1.807, 2.05) is 0 Å². The van der Waals surface area contributed by atoms with E-state index in [1.54, 1.807) is 4.90 Å². The number of ether oxygens (including phenoxy) is 1. The second kappa shape index (κ2) is 7.87. The Morgan fingerprint density at radius 3 is 2.59 bits per heavy atom. The fourth-order valence-electron chi connectivity index (χ4n) is 2.82. The van der Waals surface area contributed by atoms with Crippen LogP contribution in [0.15, 0.2) is 34.5 Å². The Morgan fingerprint density at radius 1 is 1.22 bits per heavy atom. The molecular formula is C17H17ClN2O5S2. The Kier molecular flexibility index (Phi) is 5.73. The van der Waals surface area contributed by atoms with Crippen molar-refractivity contribution in [3.05, 3.63) is 45.1 Å². The lowest BCUT2D eigenvalue weighted by Crippen LogP contribution is -2.29. The number of carbonyl (C=O) groups is 2. The summed E-state index contributed by atoms with van der Waals surface area (Å²) >= 11 is 6.98. The lowest BCUT2D eigenvalue weighted by atomic mass is 10.1. The molecule has 3 rings (SSSR count). The van der Waals surface area contributed by atoms with Gasteiger partial charge in [0.2, 0.25) is 0 Å². The number of nitrogens with zero attached hydrogens (tertiary/aromatic N) is 1. The summed E-state index contributed by atoms with van der Waals surface area (Å²) in [5.74, 6) is -1.03. The standard InChI is InChI=1S/C17H17ClN2O5S2/c1-25-17(22)15-14(6-9-26-15)27(23,24)19-13-5-4-11(18)10-12(13)16(21)20-7-2-3-8-20/h4-6,9-10,19H,2-3,7-8H2,1H3. The lowest BCUT2D eigenvalue weighted by molar-refractivity contribution is 0.0602. The van der Waals surface area contributed by atoms with Gasteiger partial charge in [-0.2, -0.15) is 0 Å². The van der Waals surface area contributed by atoms with Crippen LogP contribution in [0.25, 0.3) is 0 Å². The third-order valence-corrected chi connectivity index (χ3v) is 6.81. The van der Waals surface area contributed by atoms with Crippen molar-refractivity contribution in [2.24, 2.45) is 0 Å². The van der Waals surface area contributed by atoms with Gasteiger partial charge in [0.1, 0.15) is 9.77 Å². The number of amides is 1. The van der Waals surface area contributed by atoms with Gasteiger partial charge in [-0.3, -0.25) is 9.52 Å². The maximum Gasteiger partial charge on any atom is 0.349 e. The quantitative estimate of drug-likeness (QED) is 0.738. The van der Waals surface area contributed by atoms with Crippen LogP contribution in [0.2, 0.25) is 5.02 Å². The van der Waals surface area contributed by atoms with Crippen LogP contribution in [0.1, 0.15) is 32.9 Å². The molecule has 144 valence electrons. The molecule has 0 radical (unpaired) electrons. The Labute approximate surface area is 165 Å². The van der Waals surface area contributed by atoms with Crippen LogP contribution in [0.5, 0.6) is 0 Å². The van der Waals surface area contributed by atoms with Crippen LogP contribution < -0.4 is 4.72 Å². The summed E-state index contributed by atoms with van der Waals surface area (Å²) in [4.78, 5) is 26.0. The van der Waals surface area contributed by atoms with Crippen molar-refractivity contribution in [1.29, 1.82) is 0 Å². The van der Waals surface area contributed by atoms with E-state index in [0.29, 0.717) is 18.1 Å². The van der Waals surface area contributed by atoms with Crippen molar-refractivity contribution in [3.63, 3.8) is 0 Å². The number of hydrogen-bond donors (Lipinski definition) is 1. The second-order valence-electron chi connectivity index (χ2n) is 5.90. The first-order valence-corrected chi connectivity index (χ1v) is 10.8. The number of benzene rings is 1. The zero-order valence-electron chi connectivity index (χ0n) is 14.4. The summed E-state index contributed by atoms with van der Waals surface area (Å²) in [6, 6.07) is 5.69. The smallest absolute Gasteiger partial charge is 0.349 e. The molecule has 27 heavy (non-hydrogen) atoms. The van der Waals surface area contributed by atoms with Gasteiger partial charge in [0.25, 0.3) is 15.9 Å². The molecule has 0 spiro atoms. The summed E-state index contributed by atoms with van der Waals surface area (Å²) in [6.07, 6.45) is 1.81. The summed E-state index contributed by atoms with van der Waals surface area (Å²) in [5, 5.41) is 1.81. The molecule has 1 amide bonds. The molecule has 10 heteroatoms. The van der Waals surface area contributed by atoms with Crippen LogP contribution in [0.3, 0.4) is 0 Å². The lowest BCUT2D eigenvalue weighted by Gasteiger charge is -2.18. The van der Waals surface area contributed by atoms with Crippen LogP contribution in [0, 0.1) is 0 Å². The fraction of sp³-hybridized carbons (Fsp3) is 0.294. The van der Waals surface area contributed by atoms with E-state index < -0.39 is 16.0 Å². The van der Waals surface area contributed by atoms with E-state index in [-0.39, 0.29) is 26.9 Å². The molecule has 2 aromatic rings. The maximum absolute atomic E-state index is 12.8. The van der Waals surface area contributed by atoms with Gasteiger partial charge < -0.3 is 9.64 Å². The third kappa shape index (κ3) is 4.10. The highest BCUT2D eigenvalue weighted by molar-refractivity contribution is 7.93. The Bertz CT molecular complexity index is 981. The average Bonchev–Trinajstić information content (AvgIpc) is 3.33. The zero-order chi connectivity index (χ0) is 19.6. The number of thiophene rings is 1. The molecule has 0 unspecified atom stereocenters. The maximum atomic E-state index is 12.8. The number of carbonyl (C=O) groups excluding carboxylic acids is 2. The van der Waals surface area contributed by atoms with Crippen molar-refractivity contribution >= 4 is 50.5 Å². The second-order valence-corrected chi connectivity index (χ2v) is 8.90. The Balaban J connectivity index is 1.97. The minimum atomic E-state index is -4.10. The number of esters is 1. The van der Waals surface area contributed by atoms with Crippen LogP contribution >= 0.6 is 22.9 Å². The number of rotatable bonds is 5. The molecular weight excluding hydrogens is 412 g/mol.